The van der Waals surface area contributed by atoms with Crippen LogP contribution in [0.2, 0.25) is 0 Å². The average molecular weight is 415 g/mol. The second-order valence-electron chi connectivity index (χ2n) is 6.75. The molecule has 0 atom stereocenters. The third kappa shape index (κ3) is 4.55. The van der Waals surface area contributed by atoms with Crippen LogP contribution in [0.1, 0.15) is 10.4 Å². The van der Waals surface area contributed by atoms with Gasteiger partial charge < -0.3 is 9.47 Å². The lowest BCUT2D eigenvalue weighted by molar-refractivity contribution is 0.0391. The van der Waals surface area contributed by atoms with Gasteiger partial charge in [-0.05, 0) is 36.4 Å². The van der Waals surface area contributed by atoms with Crippen LogP contribution in [0.3, 0.4) is 0 Å². The van der Waals surface area contributed by atoms with Gasteiger partial charge in [-0.3, -0.25) is 14.6 Å². The fourth-order valence-electron chi connectivity index (χ4n) is 3.26. The Morgan fingerprint density at radius 3 is 2.90 bits per heavy atom. The van der Waals surface area contributed by atoms with E-state index < -0.39 is 0 Å². The standard InChI is InChI=1S/C21H22FN3O3S/c1-27-17-4-2-3-15(13-17)20(26)25(8-7-24-9-11-28-12-10-24)21-23-18-6-5-16(22)14-19(18)29-21/h2-6,13-14H,7-12H2,1H3. The SMILES string of the molecule is COc1cccc(C(=O)N(CCN2CCOCC2)c2nc3ccc(F)cc3s2)c1. The average Bonchev–Trinajstić information content (AvgIpc) is 3.17. The van der Waals surface area contributed by atoms with Gasteiger partial charge in [-0.1, -0.05) is 17.4 Å². The van der Waals surface area contributed by atoms with Crippen LogP contribution in [0.5, 0.6) is 5.75 Å². The highest BCUT2D eigenvalue weighted by Crippen LogP contribution is 2.30. The molecule has 0 spiro atoms. The Hall–Kier alpha value is -2.55. The Bertz CT molecular complexity index is 1000. The number of nitrogens with zero attached hydrogens (tertiary/aromatic N) is 3. The van der Waals surface area contributed by atoms with E-state index in [1.165, 1.54) is 23.5 Å². The lowest BCUT2D eigenvalue weighted by Gasteiger charge is -2.29. The number of anilines is 1. The smallest absolute Gasteiger partial charge is 0.260 e. The summed E-state index contributed by atoms with van der Waals surface area (Å²) in [6.07, 6.45) is 0. The summed E-state index contributed by atoms with van der Waals surface area (Å²) >= 11 is 1.32. The van der Waals surface area contributed by atoms with Crippen molar-refractivity contribution in [2.24, 2.45) is 0 Å². The Morgan fingerprint density at radius 2 is 2.10 bits per heavy atom. The Balaban J connectivity index is 1.64. The molecule has 152 valence electrons. The van der Waals surface area contributed by atoms with Crippen molar-refractivity contribution in [3.8, 4) is 5.75 Å². The maximum atomic E-state index is 13.6. The second-order valence-corrected chi connectivity index (χ2v) is 7.76. The summed E-state index contributed by atoms with van der Waals surface area (Å²) in [5.41, 5.74) is 1.21. The zero-order chi connectivity index (χ0) is 20.2. The van der Waals surface area contributed by atoms with E-state index in [4.69, 9.17) is 9.47 Å². The Kier molecular flexibility index (Phi) is 6.03. The molecule has 0 saturated carbocycles. The molecule has 0 radical (unpaired) electrons. The minimum atomic E-state index is -0.313. The number of aromatic nitrogens is 1. The molecular weight excluding hydrogens is 393 g/mol. The van der Waals surface area contributed by atoms with Crippen LogP contribution < -0.4 is 9.64 Å². The molecule has 29 heavy (non-hydrogen) atoms. The zero-order valence-corrected chi connectivity index (χ0v) is 17.0. The largest absolute Gasteiger partial charge is 0.497 e. The monoisotopic (exact) mass is 415 g/mol. The predicted octanol–water partition coefficient (Wildman–Crippen LogP) is 3.42. The van der Waals surface area contributed by atoms with Gasteiger partial charge in [-0.15, -0.1) is 0 Å². The summed E-state index contributed by atoms with van der Waals surface area (Å²) in [6, 6.07) is 11.5. The highest BCUT2D eigenvalue weighted by atomic mass is 32.1. The molecule has 1 aliphatic rings. The van der Waals surface area contributed by atoms with Crippen molar-refractivity contribution in [3.05, 3.63) is 53.8 Å². The first-order valence-electron chi connectivity index (χ1n) is 9.46. The third-order valence-corrected chi connectivity index (χ3v) is 5.92. The minimum absolute atomic E-state index is 0.156. The first-order valence-corrected chi connectivity index (χ1v) is 10.3. The number of rotatable bonds is 6. The number of amides is 1. The molecule has 2 heterocycles. The summed E-state index contributed by atoms with van der Waals surface area (Å²) in [6.45, 7) is 4.27. The molecule has 0 unspecified atom stereocenters. The van der Waals surface area contributed by atoms with Gasteiger partial charge in [0.2, 0.25) is 0 Å². The molecule has 1 fully saturated rings. The highest BCUT2D eigenvalue weighted by Gasteiger charge is 2.23. The molecule has 0 bridgehead atoms. The molecule has 6 nitrogen and oxygen atoms in total. The van der Waals surface area contributed by atoms with Crippen LogP contribution in [0.15, 0.2) is 42.5 Å². The maximum Gasteiger partial charge on any atom is 0.260 e. The van der Waals surface area contributed by atoms with Gasteiger partial charge in [0.25, 0.3) is 5.91 Å². The molecule has 3 aromatic rings. The van der Waals surface area contributed by atoms with Crippen LogP contribution in [-0.2, 0) is 4.74 Å². The van der Waals surface area contributed by atoms with E-state index in [1.54, 1.807) is 42.3 Å². The molecule has 1 saturated heterocycles. The van der Waals surface area contributed by atoms with E-state index in [0.717, 1.165) is 17.8 Å². The van der Waals surface area contributed by atoms with Crippen molar-refractivity contribution in [1.29, 1.82) is 0 Å². The van der Waals surface area contributed by atoms with Gasteiger partial charge in [-0.25, -0.2) is 9.37 Å². The fraction of sp³-hybridized carbons (Fsp3) is 0.333. The lowest BCUT2D eigenvalue weighted by atomic mass is 10.2. The molecule has 0 aliphatic carbocycles. The number of methoxy groups -OCH3 is 1. The number of fused-ring (bicyclic) bond motifs is 1. The van der Waals surface area contributed by atoms with Crippen LogP contribution >= 0.6 is 11.3 Å². The summed E-state index contributed by atoms with van der Waals surface area (Å²) in [4.78, 5) is 21.9. The van der Waals surface area contributed by atoms with E-state index in [0.29, 0.717) is 48.3 Å². The molecule has 2 aromatic carbocycles. The van der Waals surface area contributed by atoms with Gasteiger partial charge in [0.15, 0.2) is 5.13 Å². The number of hydrogen-bond acceptors (Lipinski definition) is 6. The third-order valence-electron chi connectivity index (χ3n) is 4.88. The van der Waals surface area contributed by atoms with Gasteiger partial charge >= 0.3 is 0 Å². The first kappa shape index (κ1) is 19.8. The first-order chi connectivity index (χ1) is 14.1. The topological polar surface area (TPSA) is 54.9 Å². The van der Waals surface area contributed by atoms with Crippen molar-refractivity contribution >= 4 is 32.6 Å². The van der Waals surface area contributed by atoms with Gasteiger partial charge in [0.1, 0.15) is 11.6 Å². The van der Waals surface area contributed by atoms with Crippen molar-refractivity contribution in [3.63, 3.8) is 0 Å². The van der Waals surface area contributed by atoms with E-state index in [-0.39, 0.29) is 11.7 Å². The number of carbonyl (C=O) groups excluding carboxylic acids is 1. The van der Waals surface area contributed by atoms with E-state index in [9.17, 15) is 9.18 Å². The number of thiazole rings is 1. The maximum absolute atomic E-state index is 13.6. The summed E-state index contributed by atoms with van der Waals surface area (Å²) in [5, 5.41) is 0.562. The van der Waals surface area contributed by atoms with Crippen molar-refractivity contribution in [2.75, 3.05) is 51.4 Å². The van der Waals surface area contributed by atoms with Gasteiger partial charge in [-0.2, -0.15) is 0 Å². The molecule has 1 amide bonds. The number of hydrogen-bond donors (Lipinski definition) is 0. The van der Waals surface area contributed by atoms with Crippen molar-refractivity contribution in [1.82, 2.24) is 9.88 Å². The second kappa shape index (κ2) is 8.86. The number of morpholine rings is 1. The van der Waals surface area contributed by atoms with Gasteiger partial charge in [0, 0.05) is 31.7 Å². The molecule has 0 N–H and O–H groups in total. The molecule has 1 aromatic heterocycles. The Morgan fingerprint density at radius 1 is 1.28 bits per heavy atom. The zero-order valence-electron chi connectivity index (χ0n) is 16.1. The number of halogens is 1. The Labute approximate surface area is 172 Å². The van der Waals surface area contributed by atoms with Crippen LogP contribution in [-0.4, -0.2) is 62.3 Å². The van der Waals surface area contributed by atoms with Crippen molar-refractivity contribution < 1.29 is 18.7 Å². The van der Waals surface area contributed by atoms with E-state index in [1.807, 2.05) is 0 Å². The van der Waals surface area contributed by atoms with E-state index >= 15 is 0 Å². The van der Waals surface area contributed by atoms with Crippen LogP contribution in [0, 0.1) is 5.82 Å². The molecule has 4 rings (SSSR count). The number of carbonyl (C=O) groups is 1. The van der Waals surface area contributed by atoms with Crippen LogP contribution in [0.25, 0.3) is 10.2 Å². The van der Waals surface area contributed by atoms with E-state index in [2.05, 4.69) is 9.88 Å². The molecule has 8 heteroatoms. The lowest BCUT2D eigenvalue weighted by Crippen LogP contribution is -2.43. The number of benzene rings is 2. The van der Waals surface area contributed by atoms with Crippen LogP contribution in [0.4, 0.5) is 9.52 Å². The molecule has 1 aliphatic heterocycles. The normalized spacial score (nSPS) is 14.8. The number of ether oxygens (including phenoxy) is 2. The summed E-state index contributed by atoms with van der Waals surface area (Å²) < 4.78 is 25.0. The fourth-order valence-corrected chi connectivity index (χ4v) is 4.28. The quantitative estimate of drug-likeness (QED) is 0.618. The van der Waals surface area contributed by atoms with Gasteiger partial charge in [0.05, 0.1) is 30.5 Å². The molecular formula is C21H22FN3O3S. The predicted molar refractivity (Wildman–Crippen MR) is 112 cm³/mol. The minimum Gasteiger partial charge on any atom is -0.497 e. The summed E-state index contributed by atoms with van der Waals surface area (Å²) in [5.74, 6) is 0.152. The summed E-state index contributed by atoms with van der Waals surface area (Å²) in [7, 11) is 1.57. The highest BCUT2D eigenvalue weighted by molar-refractivity contribution is 7.22. The van der Waals surface area contributed by atoms with Crippen molar-refractivity contribution in [2.45, 2.75) is 0 Å².